The summed E-state index contributed by atoms with van der Waals surface area (Å²) in [5.74, 6) is 0.166. The first-order chi connectivity index (χ1) is 9.15. The molecule has 99 valence electrons. The van der Waals surface area contributed by atoms with Crippen LogP contribution in [0.15, 0.2) is 29.1 Å². The van der Waals surface area contributed by atoms with Crippen LogP contribution >= 0.6 is 0 Å². The fourth-order valence-electron chi connectivity index (χ4n) is 1.68. The van der Waals surface area contributed by atoms with Crippen molar-refractivity contribution in [3.63, 3.8) is 0 Å². The maximum atomic E-state index is 11.5. The van der Waals surface area contributed by atoms with Crippen molar-refractivity contribution in [2.45, 2.75) is 6.92 Å². The number of para-hydroxylation sites is 1. The van der Waals surface area contributed by atoms with Gasteiger partial charge in [0, 0.05) is 32.7 Å². The topological polar surface area (TPSA) is 74.8 Å². The van der Waals surface area contributed by atoms with Crippen molar-refractivity contribution in [2.75, 3.05) is 0 Å². The summed E-state index contributed by atoms with van der Waals surface area (Å²) in [6.45, 7) is 1.75. The zero-order chi connectivity index (χ0) is 13.4. The van der Waals surface area contributed by atoms with Gasteiger partial charge in [0.15, 0.2) is 0 Å². The number of hydrogen-bond acceptors (Lipinski definition) is 5. The Balaban J connectivity index is 0.00000147. The Morgan fingerprint density at radius 1 is 1.30 bits per heavy atom. The Morgan fingerprint density at radius 2 is 2.05 bits per heavy atom. The fraction of sp³-hybridized carbons (Fsp3) is 0.167. The summed E-state index contributed by atoms with van der Waals surface area (Å²) in [7, 11) is 1.58. The Labute approximate surface area is 139 Å². The van der Waals surface area contributed by atoms with E-state index in [9.17, 15) is 4.79 Å². The van der Waals surface area contributed by atoms with E-state index in [0.717, 1.165) is 0 Å². The van der Waals surface area contributed by atoms with Crippen LogP contribution in [0, 0.1) is 13.1 Å². The first-order valence-electron chi connectivity index (χ1n) is 5.61. The average Bonchev–Trinajstić information content (AvgIpc) is 2.80. The molecule has 7 nitrogen and oxygen atoms in total. The minimum Gasteiger partial charge on any atom is -0.410 e. The summed E-state index contributed by atoms with van der Waals surface area (Å²) in [5.41, 5.74) is 1.57. The molecule has 3 aromatic rings. The Bertz CT molecular complexity index is 811. The molecule has 3 rings (SSSR count). The van der Waals surface area contributed by atoms with Crippen LogP contribution in [0.2, 0.25) is 0 Å². The largest absolute Gasteiger partial charge is 0.410 e. The van der Waals surface area contributed by atoms with Crippen LogP contribution in [0.1, 0.15) is 5.56 Å². The van der Waals surface area contributed by atoms with Gasteiger partial charge in [-0.3, -0.25) is 4.98 Å². The zero-order valence-electron chi connectivity index (χ0n) is 10.9. The average molecular weight is 345 g/mol. The fourth-order valence-corrected chi connectivity index (χ4v) is 1.68. The van der Waals surface area contributed by atoms with Crippen LogP contribution in [0.4, 0.5) is 0 Å². The molecule has 0 atom stereocenters. The van der Waals surface area contributed by atoms with Gasteiger partial charge in [0.1, 0.15) is 16.9 Å². The van der Waals surface area contributed by atoms with Gasteiger partial charge in [-0.05, 0) is 24.4 Å². The molecule has 0 saturated heterocycles. The van der Waals surface area contributed by atoms with Crippen molar-refractivity contribution in [1.82, 2.24) is 24.7 Å². The van der Waals surface area contributed by atoms with Gasteiger partial charge in [0.25, 0.3) is 0 Å². The third-order valence-corrected chi connectivity index (χ3v) is 2.63. The van der Waals surface area contributed by atoms with E-state index in [2.05, 4.69) is 21.5 Å². The molecule has 0 aliphatic rings. The maximum absolute atomic E-state index is 11.5. The Morgan fingerprint density at radius 3 is 2.85 bits per heavy atom. The molecule has 0 amide bonds. The number of benzene rings is 1. The monoisotopic (exact) mass is 345 g/mol. The first-order valence-corrected chi connectivity index (χ1v) is 5.61. The summed E-state index contributed by atoms with van der Waals surface area (Å²) in [5, 5.41) is 7.82. The summed E-state index contributed by atoms with van der Waals surface area (Å²) < 4.78 is 1.27. The van der Waals surface area contributed by atoms with Gasteiger partial charge in [-0.2, -0.15) is 0 Å². The van der Waals surface area contributed by atoms with Crippen LogP contribution in [-0.2, 0) is 39.8 Å². The zero-order valence-corrected chi connectivity index (χ0v) is 13.8. The van der Waals surface area contributed by atoms with Crippen LogP contribution < -0.4 is 10.5 Å². The SMILES string of the molecule is Cc1[c-]n(C)c(=O)nc1On1nnc2ccccc21.[Y]. The third-order valence-electron chi connectivity index (χ3n) is 2.63. The number of nitrogens with zero attached hydrogens (tertiary/aromatic N) is 5. The van der Waals surface area contributed by atoms with Crippen LogP contribution in [0.3, 0.4) is 0 Å². The summed E-state index contributed by atoms with van der Waals surface area (Å²) in [6, 6.07) is 7.34. The van der Waals surface area contributed by atoms with E-state index in [0.29, 0.717) is 16.6 Å². The predicted molar refractivity (Wildman–Crippen MR) is 66.6 cm³/mol. The smallest absolute Gasteiger partial charge is 0.232 e. The maximum Gasteiger partial charge on any atom is 0.232 e. The van der Waals surface area contributed by atoms with Gasteiger partial charge in [-0.25, -0.2) is 0 Å². The molecule has 0 saturated carbocycles. The second-order valence-electron chi connectivity index (χ2n) is 4.04. The molecule has 0 spiro atoms. The number of fused-ring (bicyclic) bond motifs is 1. The first kappa shape index (κ1) is 14.8. The van der Waals surface area contributed by atoms with Gasteiger partial charge >= 0.3 is 0 Å². The number of aromatic nitrogens is 5. The molecular formula is C12H10N5O2Y-. The molecule has 0 N–H and O–H groups in total. The molecule has 1 radical (unpaired) electrons. The summed E-state index contributed by atoms with van der Waals surface area (Å²) in [4.78, 5) is 22.0. The number of rotatable bonds is 2. The van der Waals surface area contributed by atoms with Crippen molar-refractivity contribution in [3.05, 3.63) is 46.5 Å². The molecule has 0 aliphatic carbocycles. The van der Waals surface area contributed by atoms with Gasteiger partial charge in [-0.1, -0.05) is 35.7 Å². The minimum absolute atomic E-state index is 0. The van der Waals surface area contributed by atoms with Gasteiger partial charge < -0.3 is 14.2 Å². The Kier molecular flexibility index (Phi) is 4.30. The van der Waals surface area contributed by atoms with Crippen molar-refractivity contribution in [1.29, 1.82) is 0 Å². The molecule has 20 heavy (non-hydrogen) atoms. The van der Waals surface area contributed by atoms with Crippen molar-refractivity contribution < 1.29 is 37.5 Å². The molecule has 2 aromatic heterocycles. The molecule has 0 aliphatic heterocycles. The minimum atomic E-state index is -0.440. The molecule has 2 heterocycles. The van der Waals surface area contributed by atoms with E-state index >= 15 is 0 Å². The standard InChI is InChI=1S/C12H10N5O2.Y/c1-8-7-16(2)12(18)13-11(8)19-17-10-6-4-3-5-9(10)14-15-17;/h3-6H,1-2H3;/q-1;. The molecule has 0 bridgehead atoms. The van der Waals surface area contributed by atoms with Crippen molar-refractivity contribution in [3.8, 4) is 5.88 Å². The molecule has 1 aromatic carbocycles. The second-order valence-corrected chi connectivity index (χ2v) is 4.04. The van der Waals surface area contributed by atoms with Gasteiger partial charge in [-0.15, -0.1) is 5.10 Å². The van der Waals surface area contributed by atoms with Crippen LogP contribution in [-0.4, -0.2) is 24.7 Å². The molecule has 8 heteroatoms. The molecular weight excluding hydrogens is 335 g/mol. The molecule has 0 fully saturated rings. The van der Waals surface area contributed by atoms with E-state index in [1.54, 1.807) is 14.0 Å². The normalized spacial score (nSPS) is 10.3. The second kappa shape index (κ2) is 5.80. The van der Waals surface area contributed by atoms with Crippen molar-refractivity contribution >= 4 is 11.0 Å². The number of hydrogen-bond donors (Lipinski definition) is 0. The van der Waals surface area contributed by atoms with E-state index in [1.165, 1.54) is 9.41 Å². The van der Waals surface area contributed by atoms with E-state index < -0.39 is 5.69 Å². The van der Waals surface area contributed by atoms with Crippen LogP contribution in [0.5, 0.6) is 5.88 Å². The molecule has 0 unspecified atom stereocenters. The number of aryl methyl sites for hydroxylation is 2. The van der Waals surface area contributed by atoms with Crippen molar-refractivity contribution in [2.24, 2.45) is 7.05 Å². The van der Waals surface area contributed by atoms with Crippen LogP contribution in [0.25, 0.3) is 11.0 Å². The van der Waals surface area contributed by atoms with E-state index in [1.807, 2.05) is 24.3 Å². The third kappa shape index (κ3) is 2.64. The summed E-state index contributed by atoms with van der Waals surface area (Å²) in [6.07, 6.45) is 2.82. The predicted octanol–water partition coefficient (Wildman–Crippen LogP) is 0.473. The van der Waals surface area contributed by atoms with Gasteiger partial charge in [0.05, 0.1) is 0 Å². The Hall–Kier alpha value is -1.60. The quantitative estimate of drug-likeness (QED) is 0.632. The summed E-state index contributed by atoms with van der Waals surface area (Å²) >= 11 is 0. The van der Waals surface area contributed by atoms with E-state index in [-0.39, 0.29) is 38.6 Å². The van der Waals surface area contributed by atoms with Gasteiger partial charge in [0.2, 0.25) is 5.69 Å². The van der Waals surface area contributed by atoms with E-state index in [4.69, 9.17) is 4.84 Å².